The quantitative estimate of drug-likeness (QED) is 0.628. The summed E-state index contributed by atoms with van der Waals surface area (Å²) in [4.78, 5) is 19.0. The monoisotopic (exact) mass is 224 g/mol. The molecule has 0 saturated carbocycles. The highest BCUT2D eigenvalue weighted by molar-refractivity contribution is 5.92. The van der Waals surface area contributed by atoms with Gasteiger partial charge in [-0.05, 0) is 12.1 Å². The van der Waals surface area contributed by atoms with E-state index < -0.39 is 0 Å². The second-order valence-electron chi connectivity index (χ2n) is 3.57. The normalized spacial score (nSPS) is 10.6. The van der Waals surface area contributed by atoms with E-state index in [0.717, 1.165) is 16.5 Å². The third-order valence-corrected chi connectivity index (χ3v) is 2.52. The molecule has 0 aliphatic carbocycles. The summed E-state index contributed by atoms with van der Waals surface area (Å²) < 4.78 is 5.41. The summed E-state index contributed by atoms with van der Waals surface area (Å²) in [6.07, 6.45) is 3.87. The standard InChI is InChI=1S/C13H8N2O2/c16-7-9-5-6-14-13(15-9)11-8-17-12-4-2-1-3-10(11)12/h1-8H. The summed E-state index contributed by atoms with van der Waals surface area (Å²) in [5, 5.41) is 0.940. The van der Waals surface area contributed by atoms with Gasteiger partial charge in [-0.25, -0.2) is 9.97 Å². The molecule has 4 heteroatoms. The third kappa shape index (κ3) is 1.59. The topological polar surface area (TPSA) is 56.0 Å². The molecular weight excluding hydrogens is 216 g/mol. The fourth-order valence-electron chi connectivity index (χ4n) is 1.72. The van der Waals surface area contributed by atoms with Crippen LogP contribution in [0.3, 0.4) is 0 Å². The Bertz CT molecular complexity index is 688. The minimum Gasteiger partial charge on any atom is -0.464 e. The number of aromatic nitrogens is 2. The average molecular weight is 224 g/mol. The van der Waals surface area contributed by atoms with E-state index in [0.29, 0.717) is 17.8 Å². The van der Waals surface area contributed by atoms with Gasteiger partial charge in [-0.2, -0.15) is 0 Å². The highest BCUT2D eigenvalue weighted by atomic mass is 16.3. The molecule has 0 atom stereocenters. The van der Waals surface area contributed by atoms with Gasteiger partial charge in [-0.15, -0.1) is 0 Å². The van der Waals surface area contributed by atoms with Crippen LogP contribution in [-0.2, 0) is 0 Å². The van der Waals surface area contributed by atoms with Crippen LogP contribution in [-0.4, -0.2) is 16.3 Å². The molecule has 0 saturated heterocycles. The maximum absolute atomic E-state index is 10.7. The molecular formula is C13H8N2O2. The first-order valence-electron chi connectivity index (χ1n) is 5.13. The summed E-state index contributed by atoms with van der Waals surface area (Å²) in [7, 11) is 0. The Morgan fingerprint density at radius 3 is 2.94 bits per heavy atom. The van der Waals surface area contributed by atoms with Gasteiger partial charge in [0.25, 0.3) is 0 Å². The zero-order valence-corrected chi connectivity index (χ0v) is 8.83. The van der Waals surface area contributed by atoms with Crippen LogP contribution in [0.1, 0.15) is 10.5 Å². The number of benzene rings is 1. The molecule has 0 aliphatic heterocycles. The van der Waals surface area contributed by atoms with Gasteiger partial charge in [-0.1, -0.05) is 18.2 Å². The van der Waals surface area contributed by atoms with E-state index >= 15 is 0 Å². The molecule has 2 aromatic heterocycles. The molecule has 2 heterocycles. The molecule has 4 nitrogen and oxygen atoms in total. The second-order valence-corrected chi connectivity index (χ2v) is 3.57. The molecule has 0 aliphatic rings. The van der Waals surface area contributed by atoms with Crippen LogP contribution in [0.2, 0.25) is 0 Å². The molecule has 0 radical (unpaired) electrons. The lowest BCUT2D eigenvalue weighted by Gasteiger charge is -1.97. The molecule has 82 valence electrons. The third-order valence-electron chi connectivity index (χ3n) is 2.52. The molecule has 0 N–H and O–H groups in total. The van der Waals surface area contributed by atoms with Crippen LogP contribution in [0.15, 0.2) is 47.2 Å². The summed E-state index contributed by atoms with van der Waals surface area (Å²) >= 11 is 0. The number of furan rings is 1. The first kappa shape index (κ1) is 9.72. The lowest BCUT2D eigenvalue weighted by atomic mass is 10.1. The van der Waals surface area contributed by atoms with Crippen molar-refractivity contribution < 1.29 is 9.21 Å². The van der Waals surface area contributed by atoms with E-state index in [1.165, 1.54) is 0 Å². The van der Waals surface area contributed by atoms with Gasteiger partial charge in [0.05, 0.1) is 5.56 Å². The van der Waals surface area contributed by atoms with Crippen LogP contribution in [0, 0.1) is 0 Å². The smallest absolute Gasteiger partial charge is 0.168 e. The van der Waals surface area contributed by atoms with Gasteiger partial charge in [0, 0.05) is 11.6 Å². The lowest BCUT2D eigenvalue weighted by Crippen LogP contribution is -1.92. The Kier molecular flexibility index (Phi) is 2.19. The number of aldehydes is 1. The average Bonchev–Trinajstić information content (AvgIpc) is 2.82. The van der Waals surface area contributed by atoms with Crippen LogP contribution >= 0.6 is 0 Å². The minimum atomic E-state index is 0.361. The number of hydrogen-bond donors (Lipinski definition) is 0. The van der Waals surface area contributed by atoms with Crippen LogP contribution in [0.25, 0.3) is 22.4 Å². The molecule has 0 fully saturated rings. The van der Waals surface area contributed by atoms with Gasteiger partial charge in [-0.3, -0.25) is 4.79 Å². The number of rotatable bonds is 2. The molecule has 1 aromatic carbocycles. The maximum atomic E-state index is 10.7. The van der Waals surface area contributed by atoms with E-state index in [-0.39, 0.29) is 0 Å². The van der Waals surface area contributed by atoms with E-state index in [2.05, 4.69) is 9.97 Å². The first-order chi connectivity index (χ1) is 8.38. The van der Waals surface area contributed by atoms with Crippen molar-refractivity contribution in [3.8, 4) is 11.4 Å². The van der Waals surface area contributed by atoms with Crippen molar-refractivity contribution in [2.45, 2.75) is 0 Å². The summed E-state index contributed by atoms with van der Waals surface area (Å²) in [5.74, 6) is 0.500. The molecule has 0 amide bonds. The molecule has 0 spiro atoms. The Hall–Kier alpha value is -2.49. The van der Waals surface area contributed by atoms with Gasteiger partial charge in [0.1, 0.15) is 17.5 Å². The Morgan fingerprint density at radius 2 is 2.06 bits per heavy atom. The number of carbonyl (C=O) groups is 1. The van der Waals surface area contributed by atoms with Crippen LogP contribution in [0.4, 0.5) is 0 Å². The van der Waals surface area contributed by atoms with Crippen molar-refractivity contribution >= 4 is 17.3 Å². The molecule has 3 rings (SSSR count). The van der Waals surface area contributed by atoms with Crippen molar-refractivity contribution in [2.75, 3.05) is 0 Å². The van der Waals surface area contributed by atoms with Crippen molar-refractivity contribution in [2.24, 2.45) is 0 Å². The fourth-order valence-corrected chi connectivity index (χ4v) is 1.72. The van der Waals surface area contributed by atoms with Crippen molar-refractivity contribution in [1.29, 1.82) is 0 Å². The van der Waals surface area contributed by atoms with Gasteiger partial charge in [0.15, 0.2) is 12.1 Å². The van der Waals surface area contributed by atoms with E-state index in [9.17, 15) is 4.79 Å². The van der Waals surface area contributed by atoms with Crippen molar-refractivity contribution in [3.63, 3.8) is 0 Å². The zero-order valence-electron chi connectivity index (χ0n) is 8.83. The van der Waals surface area contributed by atoms with Crippen molar-refractivity contribution in [1.82, 2.24) is 9.97 Å². The highest BCUT2D eigenvalue weighted by Crippen LogP contribution is 2.27. The molecule has 3 aromatic rings. The van der Waals surface area contributed by atoms with Gasteiger partial charge in [0.2, 0.25) is 0 Å². The van der Waals surface area contributed by atoms with Gasteiger partial charge < -0.3 is 4.42 Å². The maximum Gasteiger partial charge on any atom is 0.168 e. The van der Waals surface area contributed by atoms with Crippen LogP contribution < -0.4 is 0 Å². The highest BCUT2D eigenvalue weighted by Gasteiger charge is 2.10. The predicted molar refractivity (Wildman–Crippen MR) is 62.6 cm³/mol. The van der Waals surface area contributed by atoms with E-state index in [1.54, 1.807) is 18.5 Å². The Labute approximate surface area is 96.9 Å². The SMILES string of the molecule is O=Cc1ccnc(-c2coc3ccccc23)n1. The number of carbonyl (C=O) groups excluding carboxylic acids is 1. The predicted octanol–water partition coefficient (Wildman–Crippen LogP) is 2.70. The number of nitrogens with zero attached hydrogens (tertiary/aromatic N) is 2. The molecule has 0 bridgehead atoms. The lowest BCUT2D eigenvalue weighted by molar-refractivity contribution is 0.111. The number of fused-ring (bicyclic) bond motifs is 1. The second kappa shape index (κ2) is 3.83. The first-order valence-corrected chi connectivity index (χ1v) is 5.13. The summed E-state index contributed by atoms with van der Waals surface area (Å²) in [6.45, 7) is 0. The molecule has 0 unspecified atom stereocenters. The minimum absolute atomic E-state index is 0.361. The summed E-state index contributed by atoms with van der Waals surface area (Å²) in [5.41, 5.74) is 1.94. The Balaban J connectivity index is 2.23. The largest absolute Gasteiger partial charge is 0.464 e. The fraction of sp³-hybridized carbons (Fsp3) is 0. The number of para-hydroxylation sites is 1. The van der Waals surface area contributed by atoms with Crippen molar-refractivity contribution in [3.05, 3.63) is 48.5 Å². The van der Waals surface area contributed by atoms with Crippen LogP contribution in [0.5, 0.6) is 0 Å². The van der Waals surface area contributed by atoms with E-state index in [4.69, 9.17) is 4.42 Å². The zero-order chi connectivity index (χ0) is 11.7. The Morgan fingerprint density at radius 1 is 1.18 bits per heavy atom. The molecule has 17 heavy (non-hydrogen) atoms. The number of hydrogen-bond acceptors (Lipinski definition) is 4. The summed E-state index contributed by atoms with van der Waals surface area (Å²) in [6, 6.07) is 9.20. The van der Waals surface area contributed by atoms with E-state index in [1.807, 2.05) is 24.3 Å². The van der Waals surface area contributed by atoms with Gasteiger partial charge >= 0.3 is 0 Å².